The van der Waals surface area contributed by atoms with E-state index in [0.717, 1.165) is 44.2 Å². The molecule has 5 nitrogen and oxygen atoms in total. The van der Waals surface area contributed by atoms with E-state index in [1.165, 1.54) is 5.56 Å². The summed E-state index contributed by atoms with van der Waals surface area (Å²) in [4.78, 5) is 19.5. The Hall–Kier alpha value is -2.53. The van der Waals surface area contributed by atoms with Gasteiger partial charge in [-0.15, -0.1) is 0 Å². The molecule has 2 aromatic rings. The molecule has 1 atom stereocenters. The number of rotatable bonds is 4. The van der Waals surface area contributed by atoms with E-state index >= 15 is 0 Å². The summed E-state index contributed by atoms with van der Waals surface area (Å²) in [5.41, 5.74) is 2.31. The molecule has 2 aliphatic rings. The van der Waals surface area contributed by atoms with Crippen molar-refractivity contribution >= 4 is 11.6 Å². The van der Waals surface area contributed by atoms with Crippen LogP contribution in [0.3, 0.4) is 0 Å². The van der Waals surface area contributed by atoms with Crippen LogP contribution < -0.4 is 9.64 Å². The maximum absolute atomic E-state index is 12.9. The van der Waals surface area contributed by atoms with Crippen LogP contribution in [0.5, 0.6) is 5.75 Å². The van der Waals surface area contributed by atoms with Crippen LogP contribution in [-0.4, -0.2) is 61.6 Å². The van der Waals surface area contributed by atoms with Crippen molar-refractivity contribution < 1.29 is 9.53 Å². The van der Waals surface area contributed by atoms with Crippen molar-refractivity contribution in [2.75, 3.05) is 44.7 Å². The van der Waals surface area contributed by atoms with Crippen molar-refractivity contribution in [3.05, 3.63) is 60.2 Å². The Balaban J connectivity index is 1.52. The smallest absolute Gasteiger partial charge is 0.224 e. The Morgan fingerprint density at radius 2 is 1.70 bits per heavy atom. The lowest BCUT2D eigenvalue weighted by Gasteiger charge is -2.40. The van der Waals surface area contributed by atoms with Crippen LogP contribution in [0.15, 0.2) is 54.6 Å². The third kappa shape index (κ3) is 4.08. The van der Waals surface area contributed by atoms with Crippen LogP contribution in [-0.2, 0) is 11.3 Å². The molecule has 0 saturated carbocycles. The summed E-state index contributed by atoms with van der Waals surface area (Å²) in [5, 5.41) is 0. The number of amides is 1. The fourth-order valence-electron chi connectivity index (χ4n) is 3.84. The average Bonchev–Trinajstić information content (AvgIpc) is 2.71. The largest absolute Gasteiger partial charge is 0.489 e. The fraction of sp³-hybridized carbons (Fsp3) is 0.409. The Labute approximate surface area is 161 Å². The summed E-state index contributed by atoms with van der Waals surface area (Å²) in [6.45, 7) is 4.86. The van der Waals surface area contributed by atoms with Crippen molar-refractivity contribution in [3.63, 3.8) is 0 Å². The predicted octanol–water partition coefficient (Wildman–Crippen LogP) is 2.62. The zero-order chi connectivity index (χ0) is 18.6. The molecule has 0 aromatic heterocycles. The maximum Gasteiger partial charge on any atom is 0.224 e. The van der Waals surface area contributed by atoms with Crippen LogP contribution in [0.2, 0.25) is 0 Å². The highest BCUT2D eigenvalue weighted by atomic mass is 16.5. The Bertz CT molecular complexity index is 772. The number of hydrogen-bond acceptors (Lipinski definition) is 4. The highest BCUT2D eigenvalue weighted by Gasteiger charge is 2.31. The van der Waals surface area contributed by atoms with Crippen molar-refractivity contribution in [1.29, 1.82) is 0 Å². The van der Waals surface area contributed by atoms with Crippen molar-refractivity contribution in [2.45, 2.75) is 19.0 Å². The quantitative estimate of drug-likeness (QED) is 0.835. The monoisotopic (exact) mass is 365 g/mol. The molecule has 5 heteroatoms. The number of nitrogens with zero attached hydrogens (tertiary/aromatic N) is 3. The van der Waals surface area contributed by atoms with E-state index in [9.17, 15) is 4.79 Å². The van der Waals surface area contributed by atoms with Gasteiger partial charge in [0.1, 0.15) is 12.4 Å². The number of piperazine rings is 1. The molecule has 0 bridgehead atoms. The van der Waals surface area contributed by atoms with Gasteiger partial charge in [-0.1, -0.05) is 42.5 Å². The summed E-state index contributed by atoms with van der Waals surface area (Å²) in [6.07, 6.45) is 0.491. The van der Waals surface area contributed by atoms with Crippen molar-refractivity contribution in [2.24, 2.45) is 0 Å². The van der Waals surface area contributed by atoms with Crippen LogP contribution in [0, 0.1) is 0 Å². The fourth-order valence-corrected chi connectivity index (χ4v) is 3.84. The molecule has 2 aliphatic heterocycles. The molecule has 27 heavy (non-hydrogen) atoms. The number of para-hydroxylation sites is 2. The van der Waals surface area contributed by atoms with E-state index < -0.39 is 0 Å². The van der Waals surface area contributed by atoms with E-state index in [-0.39, 0.29) is 11.9 Å². The van der Waals surface area contributed by atoms with E-state index in [4.69, 9.17) is 4.74 Å². The Morgan fingerprint density at radius 1 is 1.00 bits per heavy atom. The maximum atomic E-state index is 12.9. The molecule has 1 amide bonds. The number of hydrogen-bond donors (Lipinski definition) is 0. The summed E-state index contributed by atoms with van der Waals surface area (Å²) in [5.74, 6) is 1.13. The standard InChI is InChI=1S/C22H27N3O2/c1-23-11-13-24(14-12-23)22(26)15-19-17-27-21-10-6-5-9-20(21)25(19)16-18-7-3-2-4-8-18/h2-10,19H,11-17H2,1H3. The van der Waals surface area contributed by atoms with E-state index in [2.05, 4.69) is 47.2 Å². The first kappa shape index (κ1) is 17.9. The predicted molar refractivity (Wildman–Crippen MR) is 107 cm³/mol. The zero-order valence-corrected chi connectivity index (χ0v) is 15.9. The van der Waals surface area contributed by atoms with Gasteiger partial charge in [0.15, 0.2) is 0 Å². The SMILES string of the molecule is CN1CCN(C(=O)CC2COc3ccccc3N2Cc2ccccc2)CC1. The van der Waals surface area contributed by atoms with Gasteiger partial charge in [0.25, 0.3) is 0 Å². The molecule has 142 valence electrons. The van der Waals surface area contributed by atoms with Gasteiger partial charge >= 0.3 is 0 Å². The molecule has 0 radical (unpaired) electrons. The average molecular weight is 365 g/mol. The Kier molecular flexibility index (Phi) is 5.30. The summed E-state index contributed by atoms with van der Waals surface area (Å²) in [7, 11) is 2.11. The Morgan fingerprint density at radius 3 is 2.48 bits per heavy atom. The number of carbonyl (C=O) groups is 1. The summed E-state index contributed by atoms with van der Waals surface area (Å²) < 4.78 is 5.99. The van der Waals surface area contributed by atoms with Gasteiger partial charge < -0.3 is 19.4 Å². The first-order valence-corrected chi connectivity index (χ1v) is 9.69. The highest BCUT2D eigenvalue weighted by Crippen LogP contribution is 2.35. The second kappa shape index (κ2) is 8.01. The molecular formula is C22H27N3O2. The summed E-state index contributed by atoms with van der Waals surface area (Å²) >= 11 is 0. The molecule has 0 aliphatic carbocycles. The summed E-state index contributed by atoms with van der Waals surface area (Å²) in [6, 6.07) is 18.6. The molecule has 1 fully saturated rings. The van der Waals surface area contributed by atoms with Crippen LogP contribution in [0.1, 0.15) is 12.0 Å². The number of fused-ring (bicyclic) bond motifs is 1. The lowest BCUT2D eigenvalue weighted by atomic mass is 10.1. The van der Waals surface area contributed by atoms with Crippen LogP contribution >= 0.6 is 0 Å². The first-order chi connectivity index (χ1) is 13.2. The lowest BCUT2D eigenvalue weighted by molar-refractivity contribution is -0.133. The number of anilines is 1. The van der Waals surface area contributed by atoms with Crippen LogP contribution in [0.4, 0.5) is 5.69 Å². The minimum atomic E-state index is 0.0484. The van der Waals surface area contributed by atoms with Gasteiger partial charge in [-0.3, -0.25) is 4.79 Å². The molecule has 4 rings (SSSR count). The molecule has 1 unspecified atom stereocenters. The number of likely N-dealkylation sites (N-methyl/N-ethyl adjacent to an activating group) is 1. The topological polar surface area (TPSA) is 36.0 Å². The zero-order valence-electron chi connectivity index (χ0n) is 15.9. The molecule has 2 aromatic carbocycles. The third-order valence-corrected chi connectivity index (χ3v) is 5.51. The van der Waals surface area contributed by atoms with Gasteiger partial charge in [0, 0.05) is 32.7 Å². The van der Waals surface area contributed by atoms with Gasteiger partial charge in [-0.25, -0.2) is 0 Å². The van der Waals surface area contributed by atoms with E-state index in [1.807, 2.05) is 29.2 Å². The first-order valence-electron chi connectivity index (χ1n) is 9.69. The van der Waals surface area contributed by atoms with Gasteiger partial charge in [-0.2, -0.15) is 0 Å². The lowest BCUT2D eigenvalue weighted by Crippen LogP contribution is -2.50. The van der Waals surface area contributed by atoms with Gasteiger partial charge in [-0.05, 0) is 24.7 Å². The van der Waals surface area contributed by atoms with Crippen molar-refractivity contribution in [1.82, 2.24) is 9.80 Å². The molecule has 2 heterocycles. The van der Waals surface area contributed by atoms with Gasteiger partial charge in [0.2, 0.25) is 5.91 Å². The normalized spacial score (nSPS) is 20.1. The highest BCUT2D eigenvalue weighted by molar-refractivity contribution is 5.78. The van der Waals surface area contributed by atoms with E-state index in [1.54, 1.807) is 0 Å². The molecule has 1 saturated heterocycles. The second-order valence-electron chi connectivity index (χ2n) is 7.43. The second-order valence-corrected chi connectivity index (χ2v) is 7.43. The van der Waals surface area contributed by atoms with E-state index in [0.29, 0.717) is 13.0 Å². The molecule has 0 spiro atoms. The minimum absolute atomic E-state index is 0.0484. The van der Waals surface area contributed by atoms with Crippen molar-refractivity contribution in [3.8, 4) is 5.75 Å². The molecular weight excluding hydrogens is 338 g/mol. The van der Waals surface area contributed by atoms with Crippen LogP contribution in [0.25, 0.3) is 0 Å². The number of ether oxygens (including phenoxy) is 1. The third-order valence-electron chi connectivity index (χ3n) is 5.51. The number of benzene rings is 2. The molecule has 0 N–H and O–H groups in total. The number of carbonyl (C=O) groups excluding carboxylic acids is 1. The minimum Gasteiger partial charge on any atom is -0.489 e. The van der Waals surface area contributed by atoms with Gasteiger partial charge in [0.05, 0.1) is 18.2 Å².